The van der Waals surface area contributed by atoms with E-state index in [4.69, 9.17) is 0 Å². The molecule has 0 aromatic heterocycles. The first-order chi connectivity index (χ1) is 13.3. The van der Waals surface area contributed by atoms with Crippen molar-refractivity contribution in [1.82, 2.24) is 10.2 Å². The van der Waals surface area contributed by atoms with Crippen molar-refractivity contribution in [2.75, 3.05) is 18.9 Å². The van der Waals surface area contributed by atoms with Gasteiger partial charge in [-0.1, -0.05) is 49.4 Å². The first kappa shape index (κ1) is 21.6. The lowest BCUT2D eigenvalue weighted by molar-refractivity contribution is -0.127. The third kappa shape index (κ3) is 5.92. The maximum Gasteiger partial charge on any atom is 0.243 e. The van der Waals surface area contributed by atoms with Crippen LogP contribution in [-0.4, -0.2) is 36.3 Å². The fourth-order valence-electron chi connectivity index (χ4n) is 3.02. The van der Waals surface area contributed by atoms with E-state index >= 15 is 0 Å². The molecule has 1 atom stereocenters. The van der Waals surface area contributed by atoms with Crippen LogP contribution in [0.2, 0.25) is 0 Å². The van der Waals surface area contributed by atoms with Crippen LogP contribution >= 0.6 is 0 Å². The quantitative estimate of drug-likeness (QED) is 0.736. The topological polar surface area (TPSA) is 61.4 Å². The molecule has 0 saturated carbocycles. The molecule has 0 radical (unpaired) electrons. The molecule has 2 N–H and O–H groups in total. The smallest absolute Gasteiger partial charge is 0.243 e. The van der Waals surface area contributed by atoms with Gasteiger partial charge in [0.2, 0.25) is 11.8 Å². The summed E-state index contributed by atoms with van der Waals surface area (Å²) in [6.07, 6.45) is 1.01. The molecule has 0 aliphatic rings. The van der Waals surface area contributed by atoms with Crippen LogP contribution in [0.3, 0.4) is 0 Å². The number of hydrogen-bond acceptors (Lipinski definition) is 3. The standard InChI is InChI=1S/C23H31N3O2/c1-6-19-10-12-20(13-11-19)15-26(5)18(4)23(28)24-14-21(27)25-22-16(2)8-7-9-17(22)3/h7-13,18H,6,14-15H2,1-5H3,(H,24,28)(H,25,27)/t18-/m0/s1. The molecule has 0 fully saturated rings. The van der Waals surface area contributed by atoms with Gasteiger partial charge >= 0.3 is 0 Å². The highest BCUT2D eigenvalue weighted by atomic mass is 16.2. The van der Waals surface area contributed by atoms with Crippen molar-refractivity contribution >= 4 is 17.5 Å². The highest BCUT2D eigenvalue weighted by Gasteiger charge is 2.19. The zero-order chi connectivity index (χ0) is 20.7. The van der Waals surface area contributed by atoms with Gasteiger partial charge < -0.3 is 10.6 Å². The van der Waals surface area contributed by atoms with Gasteiger partial charge in [-0.05, 0) is 56.5 Å². The van der Waals surface area contributed by atoms with Crippen molar-refractivity contribution in [3.63, 3.8) is 0 Å². The Bertz CT molecular complexity index is 795. The first-order valence-corrected chi connectivity index (χ1v) is 9.73. The van der Waals surface area contributed by atoms with E-state index in [2.05, 4.69) is 41.8 Å². The molecule has 2 rings (SSSR count). The molecular formula is C23H31N3O2. The molecule has 2 aromatic carbocycles. The Kier molecular flexibility index (Phi) is 7.76. The maximum atomic E-state index is 12.4. The third-order valence-electron chi connectivity index (χ3n) is 5.07. The van der Waals surface area contributed by atoms with Gasteiger partial charge in [-0.2, -0.15) is 0 Å². The van der Waals surface area contributed by atoms with E-state index in [1.807, 2.05) is 50.9 Å². The summed E-state index contributed by atoms with van der Waals surface area (Å²) >= 11 is 0. The summed E-state index contributed by atoms with van der Waals surface area (Å²) in [5.41, 5.74) is 5.27. The molecular weight excluding hydrogens is 350 g/mol. The van der Waals surface area contributed by atoms with E-state index in [1.165, 1.54) is 5.56 Å². The number of amides is 2. The first-order valence-electron chi connectivity index (χ1n) is 9.73. The van der Waals surface area contributed by atoms with Gasteiger partial charge in [0, 0.05) is 12.2 Å². The van der Waals surface area contributed by atoms with Gasteiger partial charge in [-0.15, -0.1) is 0 Å². The van der Waals surface area contributed by atoms with E-state index < -0.39 is 0 Å². The predicted octanol–water partition coefficient (Wildman–Crippen LogP) is 3.44. The lowest BCUT2D eigenvalue weighted by atomic mass is 10.1. The predicted molar refractivity (Wildman–Crippen MR) is 114 cm³/mol. The maximum absolute atomic E-state index is 12.4. The van der Waals surface area contributed by atoms with Crippen LogP contribution in [-0.2, 0) is 22.6 Å². The average Bonchev–Trinajstić information content (AvgIpc) is 2.69. The monoisotopic (exact) mass is 381 g/mol. The van der Waals surface area contributed by atoms with Crippen LogP contribution in [0.1, 0.15) is 36.1 Å². The van der Waals surface area contributed by atoms with E-state index in [0.717, 1.165) is 28.8 Å². The summed E-state index contributed by atoms with van der Waals surface area (Å²) in [4.78, 5) is 26.6. The molecule has 2 aromatic rings. The summed E-state index contributed by atoms with van der Waals surface area (Å²) in [5.74, 6) is -0.389. The number of benzene rings is 2. The van der Waals surface area contributed by atoms with Crippen LogP contribution in [0.15, 0.2) is 42.5 Å². The number of carbonyl (C=O) groups is 2. The number of aryl methyl sites for hydroxylation is 3. The van der Waals surface area contributed by atoms with Crippen molar-refractivity contribution < 1.29 is 9.59 Å². The lowest BCUT2D eigenvalue weighted by Crippen LogP contribution is -2.45. The third-order valence-corrected chi connectivity index (χ3v) is 5.07. The molecule has 0 bridgehead atoms. The molecule has 0 aliphatic carbocycles. The second kappa shape index (κ2) is 10.0. The molecule has 150 valence electrons. The normalized spacial score (nSPS) is 11.9. The number of nitrogens with zero attached hydrogens (tertiary/aromatic N) is 1. The second-order valence-electron chi connectivity index (χ2n) is 7.29. The summed E-state index contributed by atoms with van der Waals surface area (Å²) in [5, 5.41) is 5.62. The van der Waals surface area contributed by atoms with E-state index in [0.29, 0.717) is 6.54 Å². The van der Waals surface area contributed by atoms with Crippen LogP contribution in [0, 0.1) is 13.8 Å². The summed E-state index contributed by atoms with van der Waals surface area (Å²) < 4.78 is 0. The molecule has 0 unspecified atom stereocenters. The molecule has 0 aliphatic heterocycles. The Hall–Kier alpha value is -2.66. The zero-order valence-corrected chi connectivity index (χ0v) is 17.5. The summed E-state index contributed by atoms with van der Waals surface area (Å²) in [6, 6.07) is 13.9. The van der Waals surface area contributed by atoms with Gasteiger partial charge in [-0.25, -0.2) is 0 Å². The van der Waals surface area contributed by atoms with E-state index in [-0.39, 0.29) is 24.4 Å². The number of anilines is 1. The Morgan fingerprint density at radius 2 is 1.57 bits per heavy atom. The van der Waals surface area contributed by atoms with Crippen molar-refractivity contribution in [3.05, 3.63) is 64.7 Å². The number of para-hydroxylation sites is 1. The zero-order valence-electron chi connectivity index (χ0n) is 17.5. The highest BCUT2D eigenvalue weighted by molar-refractivity contribution is 5.96. The molecule has 5 nitrogen and oxygen atoms in total. The summed E-state index contributed by atoms with van der Waals surface area (Å²) in [7, 11) is 1.91. The van der Waals surface area contributed by atoms with Crippen molar-refractivity contribution in [3.8, 4) is 0 Å². The van der Waals surface area contributed by atoms with Gasteiger partial charge in [-0.3, -0.25) is 14.5 Å². The molecule has 5 heteroatoms. The molecule has 28 heavy (non-hydrogen) atoms. The van der Waals surface area contributed by atoms with Crippen molar-refractivity contribution in [2.24, 2.45) is 0 Å². The molecule has 0 spiro atoms. The van der Waals surface area contributed by atoms with Crippen LogP contribution in [0.5, 0.6) is 0 Å². The van der Waals surface area contributed by atoms with Crippen LogP contribution < -0.4 is 10.6 Å². The van der Waals surface area contributed by atoms with Crippen LogP contribution in [0.25, 0.3) is 0 Å². The molecule has 0 saturated heterocycles. The van der Waals surface area contributed by atoms with Crippen molar-refractivity contribution in [1.29, 1.82) is 0 Å². The number of nitrogens with one attached hydrogen (secondary N) is 2. The molecule has 0 heterocycles. The Morgan fingerprint density at radius 1 is 1.00 bits per heavy atom. The van der Waals surface area contributed by atoms with Gasteiger partial charge in [0.1, 0.15) is 0 Å². The number of carbonyl (C=O) groups excluding carboxylic acids is 2. The number of hydrogen-bond donors (Lipinski definition) is 2. The van der Waals surface area contributed by atoms with Crippen LogP contribution in [0.4, 0.5) is 5.69 Å². The summed E-state index contributed by atoms with van der Waals surface area (Å²) in [6.45, 7) is 8.50. The van der Waals surface area contributed by atoms with E-state index in [9.17, 15) is 9.59 Å². The fourth-order valence-corrected chi connectivity index (χ4v) is 3.02. The number of rotatable bonds is 8. The fraction of sp³-hybridized carbons (Fsp3) is 0.391. The van der Waals surface area contributed by atoms with Gasteiger partial charge in [0.25, 0.3) is 0 Å². The van der Waals surface area contributed by atoms with Crippen molar-refractivity contribution in [2.45, 2.75) is 46.7 Å². The minimum absolute atomic E-state index is 0.0457. The minimum Gasteiger partial charge on any atom is -0.346 e. The molecule has 2 amide bonds. The second-order valence-corrected chi connectivity index (χ2v) is 7.29. The Balaban J connectivity index is 1.84. The van der Waals surface area contributed by atoms with Gasteiger partial charge in [0.15, 0.2) is 0 Å². The minimum atomic E-state index is -0.334. The average molecular weight is 382 g/mol. The SMILES string of the molecule is CCc1ccc(CN(C)[C@@H](C)C(=O)NCC(=O)Nc2c(C)cccc2C)cc1. The highest BCUT2D eigenvalue weighted by Crippen LogP contribution is 2.19. The van der Waals surface area contributed by atoms with Gasteiger partial charge in [0.05, 0.1) is 12.6 Å². The number of likely N-dealkylation sites (N-methyl/N-ethyl adjacent to an activating group) is 1. The lowest BCUT2D eigenvalue weighted by Gasteiger charge is -2.24. The Labute approximate surface area is 168 Å². The largest absolute Gasteiger partial charge is 0.346 e. The van der Waals surface area contributed by atoms with E-state index in [1.54, 1.807) is 0 Å². The Morgan fingerprint density at radius 3 is 2.14 bits per heavy atom.